The Bertz CT molecular complexity index is 756. The molecule has 0 aliphatic carbocycles. The van der Waals surface area contributed by atoms with E-state index in [0.29, 0.717) is 16.5 Å². The molecule has 0 aliphatic heterocycles. The third-order valence-electron chi connectivity index (χ3n) is 3.15. The van der Waals surface area contributed by atoms with E-state index >= 15 is 0 Å². The SMILES string of the molecule is OC(Cc1cccc(Cl)c1Cl)c1cnc2ccsc2c1. The van der Waals surface area contributed by atoms with Gasteiger partial charge in [-0.05, 0) is 29.1 Å². The number of benzene rings is 1. The van der Waals surface area contributed by atoms with Crippen molar-refractivity contribution in [1.29, 1.82) is 0 Å². The van der Waals surface area contributed by atoms with Crippen LogP contribution >= 0.6 is 34.5 Å². The topological polar surface area (TPSA) is 33.1 Å². The zero-order chi connectivity index (χ0) is 14.1. The first kappa shape index (κ1) is 13.8. The van der Waals surface area contributed by atoms with Crippen LogP contribution in [-0.2, 0) is 6.42 Å². The van der Waals surface area contributed by atoms with Crippen molar-refractivity contribution in [1.82, 2.24) is 4.98 Å². The Labute approximate surface area is 130 Å². The summed E-state index contributed by atoms with van der Waals surface area (Å²) in [6, 6.07) is 9.37. The summed E-state index contributed by atoms with van der Waals surface area (Å²) in [6.45, 7) is 0. The van der Waals surface area contributed by atoms with E-state index in [4.69, 9.17) is 23.2 Å². The molecule has 102 valence electrons. The summed E-state index contributed by atoms with van der Waals surface area (Å²) in [7, 11) is 0. The van der Waals surface area contributed by atoms with Gasteiger partial charge in [-0.25, -0.2) is 0 Å². The molecule has 3 aromatic rings. The van der Waals surface area contributed by atoms with Gasteiger partial charge in [0.05, 0.1) is 26.4 Å². The van der Waals surface area contributed by atoms with Gasteiger partial charge in [0.25, 0.3) is 0 Å². The van der Waals surface area contributed by atoms with Gasteiger partial charge >= 0.3 is 0 Å². The van der Waals surface area contributed by atoms with Crippen molar-refractivity contribution in [2.24, 2.45) is 0 Å². The van der Waals surface area contributed by atoms with Crippen molar-refractivity contribution in [3.8, 4) is 0 Å². The molecule has 2 nitrogen and oxygen atoms in total. The molecule has 2 heterocycles. The van der Waals surface area contributed by atoms with Crippen LogP contribution in [0, 0.1) is 0 Å². The van der Waals surface area contributed by atoms with Crippen LogP contribution in [0.2, 0.25) is 10.0 Å². The molecule has 0 spiro atoms. The van der Waals surface area contributed by atoms with Gasteiger partial charge in [0, 0.05) is 18.2 Å². The van der Waals surface area contributed by atoms with Crippen LogP contribution in [0.15, 0.2) is 41.9 Å². The number of aliphatic hydroxyl groups excluding tert-OH is 1. The Morgan fingerprint density at radius 2 is 2.10 bits per heavy atom. The van der Waals surface area contributed by atoms with Gasteiger partial charge < -0.3 is 5.11 Å². The second kappa shape index (κ2) is 5.70. The fourth-order valence-electron chi connectivity index (χ4n) is 2.08. The number of hydrogen-bond acceptors (Lipinski definition) is 3. The molecule has 2 aromatic heterocycles. The van der Waals surface area contributed by atoms with Crippen LogP contribution < -0.4 is 0 Å². The molecule has 20 heavy (non-hydrogen) atoms. The van der Waals surface area contributed by atoms with Crippen LogP contribution in [0.1, 0.15) is 17.2 Å². The highest BCUT2D eigenvalue weighted by atomic mass is 35.5. The van der Waals surface area contributed by atoms with Gasteiger partial charge in [-0.3, -0.25) is 4.98 Å². The number of thiophene rings is 1. The highest BCUT2D eigenvalue weighted by Crippen LogP contribution is 2.30. The largest absolute Gasteiger partial charge is 0.388 e. The van der Waals surface area contributed by atoms with Gasteiger partial charge in [-0.1, -0.05) is 35.3 Å². The van der Waals surface area contributed by atoms with E-state index in [-0.39, 0.29) is 0 Å². The van der Waals surface area contributed by atoms with Gasteiger partial charge in [0.15, 0.2) is 0 Å². The number of pyridine rings is 1. The standard InChI is InChI=1S/C15H11Cl2NOS/c16-11-3-1-2-9(15(11)17)6-13(19)10-7-14-12(18-8-10)4-5-20-14/h1-5,7-8,13,19H,6H2. The van der Waals surface area contributed by atoms with E-state index in [9.17, 15) is 5.11 Å². The minimum atomic E-state index is -0.648. The highest BCUT2D eigenvalue weighted by Gasteiger charge is 2.13. The number of aromatic nitrogens is 1. The minimum Gasteiger partial charge on any atom is -0.388 e. The monoisotopic (exact) mass is 323 g/mol. The first-order valence-electron chi connectivity index (χ1n) is 6.09. The first-order valence-corrected chi connectivity index (χ1v) is 7.73. The molecule has 5 heteroatoms. The normalized spacial score (nSPS) is 12.8. The Kier molecular flexibility index (Phi) is 3.94. The molecule has 0 fully saturated rings. The Morgan fingerprint density at radius 1 is 1.25 bits per heavy atom. The van der Waals surface area contributed by atoms with Crippen LogP contribution in [0.3, 0.4) is 0 Å². The van der Waals surface area contributed by atoms with Gasteiger partial charge in [0.2, 0.25) is 0 Å². The fourth-order valence-corrected chi connectivity index (χ4v) is 3.26. The van der Waals surface area contributed by atoms with E-state index in [1.807, 2.05) is 29.6 Å². The molecule has 0 saturated carbocycles. The van der Waals surface area contributed by atoms with Gasteiger partial charge in [-0.15, -0.1) is 11.3 Å². The van der Waals surface area contributed by atoms with Gasteiger partial charge in [-0.2, -0.15) is 0 Å². The maximum atomic E-state index is 10.3. The summed E-state index contributed by atoms with van der Waals surface area (Å²) in [6.07, 6.45) is 1.47. The second-order valence-electron chi connectivity index (χ2n) is 4.51. The molecular formula is C15H11Cl2NOS. The number of halogens is 2. The third kappa shape index (κ3) is 2.67. The summed E-state index contributed by atoms with van der Waals surface area (Å²) in [4.78, 5) is 4.34. The number of rotatable bonds is 3. The summed E-state index contributed by atoms with van der Waals surface area (Å²) in [5.74, 6) is 0. The predicted molar refractivity (Wildman–Crippen MR) is 84.7 cm³/mol. The summed E-state index contributed by atoms with van der Waals surface area (Å²) >= 11 is 13.7. The summed E-state index contributed by atoms with van der Waals surface area (Å²) in [5.41, 5.74) is 2.57. The lowest BCUT2D eigenvalue weighted by atomic mass is 10.0. The van der Waals surface area contributed by atoms with E-state index in [1.54, 1.807) is 23.6 Å². The quantitative estimate of drug-likeness (QED) is 0.745. The Morgan fingerprint density at radius 3 is 2.95 bits per heavy atom. The van der Waals surface area contributed by atoms with E-state index < -0.39 is 6.10 Å². The van der Waals surface area contributed by atoms with Crippen LogP contribution in [0.25, 0.3) is 10.2 Å². The lowest BCUT2D eigenvalue weighted by Crippen LogP contribution is -2.03. The number of hydrogen-bond donors (Lipinski definition) is 1. The summed E-state index contributed by atoms with van der Waals surface area (Å²) in [5, 5.41) is 13.3. The second-order valence-corrected chi connectivity index (χ2v) is 6.24. The van der Waals surface area contributed by atoms with Crippen molar-refractivity contribution < 1.29 is 5.11 Å². The van der Waals surface area contributed by atoms with Crippen molar-refractivity contribution >= 4 is 44.8 Å². The van der Waals surface area contributed by atoms with Crippen LogP contribution in [0.5, 0.6) is 0 Å². The highest BCUT2D eigenvalue weighted by molar-refractivity contribution is 7.17. The van der Waals surface area contributed by atoms with E-state index in [1.165, 1.54) is 0 Å². The molecule has 3 rings (SSSR count). The van der Waals surface area contributed by atoms with Crippen LogP contribution in [-0.4, -0.2) is 10.1 Å². The van der Waals surface area contributed by atoms with Crippen molar-refractivity contribution in [2.45, 2.75) is 12.5 Å². The van der Waals surface area contributed by atoms with E-state index in [2.05, 4.69) is 4.98 Å². The third-order valence-corrected chi connectivity index (χ3v) is 4.86. The first-order chi connectivity index (χ1) is 9.65. The average molecular weight is 324 g/mol. The molecule has 0 aliphatic rings. The van der Waals surface area contributed by atoms with Crippen molar-refractivity contribution in [3.63, 3.8) is 0 Å². The lowest BCUT2D eigenvalue weighted by Gasteiger charge is -2.12. The molecule has 0 bridgehead atoms. The average Bonchev–Trinajstić information content (AvgIpc) is 2.91. The number of aliphatic hydroxyl groups is 1. The molecule has 1 N–H and O–H groups in total. The van der Waals surface area contributed by atoms with Gasteiger partial charge in [0.1, 0.15) is 0 Å². The maximum Gasteiger partial charge on any atom is 0.0846 e. The fraction of sp³-hybridized carbons (Fsp3) is 0.133. The van der Waals surface area contributed by atoms with Crippen LogP contribution in [0.4, 0.5) is 0 Å². The molecule has 1 aromatic carbocycles. The number of nitrogens with zero attached hydrogens (tertiary/aromatic N) is 1. The zero-order valence-corrected chi connectivity index (χ0v) is 12.7. The number of fused-ring (bicyclic) bond motifs is 1. The Balaban J connectivity index is 1.88. The van der Waals surface area contributed by atoms with E-state index in [0.717, 1.165) is 21.3 Å². The minimum absolute atomic E-state index is 0.415. The smallest absolute Gasteiger partial charge is 0.0846 e. The zero-order valence-electron chi connectivity index (χ0n) is 10.4. The lowest BCUT2D eigenvalue weighted by molar-refractivity contribution is 0.178. The molecule has 0 amide bonds. The summed E-state index contributed by atoms with van der Waals surface area (Å²) < 4.78 is 1.07. The maximum absolute atomic E-state index is 10.3. The Hall–Kier alpha value is -1.13. The van der Waals surface area contributed by atoms with Crippen molar-refractivity contribution in [3.05, 3.63) is 63.1 Å². The molecule has 1 unspecified atom stereocenters. The predicted octanol–water partition coefficient (Wildman–Crippen LogP) is 4.88. The molecule has 0 radical (unpaired) electrons. The molecule has 1 atom stereocenters. The molecule has 0 saturated heterocycles. The molecular weight excluding hydrogens is 313 g/mol. The van der Waals surface area contributed by atoms with Crippen molar-refractivity contribution in [2.75, 3.05) is 0 Å².